The largest absolute Gasteiger partial charge is 0.298 e. The van der Waals surface area contributed by atoms with Crippen molar-refractivity contribution in [1.29, 1.82) is 0 Å². The van der Waals surface area contributed by atoms with Crippen molar-refractivity contribution < 1.29 is 4.79 Å². The summed E-state index contributed by atoms with van der Waals surface area (Å²) in [7, 11) is 1.86. The molecule has 0 aliphatic heterocycles. The molecule has 0 atom stereocenters. The molecule has 0 aromatic carbocycles. The lowest BCUT2D eigenvalue weighted by Crippen LogP contribution is -2.13. The molecule has 4 aromatic heterocycles. The molecule has 1 aliphatic rings. The third-order valence-electron chi connectivity index (χ3n) is 4.78. The number of aromatic nitrogens is 4. The van der Waals surface area contributed by atoms with E-state index in [9.17, 15) is 4.79 Å². The molecule has 1 aliphatic carbocycles. The number of fused-ring (bicyclic) bond motifs is 1. The zero-order valence-electron chi connectivity index (χ0n) is 15.2. The molecule has 0 radical (unpaired) electrons. The topological polar surface area (TPSA) is 72.7 Å². The number of aryl methyl sites for hydroxylation is 2. The van der Waals surface area contributed by atoms with Crippen LogP contribution >= 0.6 is 34.3 Å². The van der Waals surface area contributed by atoms with E-state index < -0.39 is 0 Å². The molecular formula is C19H16ClN5OS2. The minimum absolute atomic E-state index is 0.185. The number of halogens is 1. The maximum atomic E-state index is 13.1. The van der Waals surface area contributed by atoms with Crippen LogP contribution in [0.4, 0.5) is 5.13 Å². The van der Waals surface area contributed by atoms with Gasteiger partial charge in [0.05, 0.1) is 31.6 Å². The Labute approximate surface area is 174 Å². The fourth-order valence-electron chi connectivity index (χ4n) is 3.29. The van der Waals surface area contributed by atoms with Crippen molar-refractivity contribution in [3.63, 3.8) is 0 Å². The first-order chi connectivity index (χ1) is 13.5. The van der Waals surface area contributed by atoms with E-state index in [1.54, 1.807) is 4.68 Å². The van der Waals surface area contributed by atoms with Gasteiger partial charge in [-0.15, -0.1) is 22.7 Å². The average Bonchev–Trinajstić information content (AvgIpc) is 3.16. The predicted molar refractivity (Wildman–Crippen MR) is 114 cm³/mol. The van der Waals surface area contributed by atoms with Crippen LogP contribution in [0, 0.1) is 6.92 Å². The van der Waals surface area contributed by atoms with Gasteiger partial charge in [0, 0.05) is 24.0 Å². The van der Waals surface area contributed by atoms with Gasteiger partial charge in [0.25, 0.3) is 5.91 Å². The summed E-state index contributed by atoms with van der Waals surface area (Å²) in [6.45, 7) is 1.90. The Bertz CT molecular complexity index is 1220. The lowest BCUT2D eigenvalue weighted by atomic mass is 10.1. The molecule has 1 fully saturated rings. The number of carbonyl (C=O) groups excluding carboxylic acids is 1. The van der Waals surface area contributed by atoms with E-state index in [-0.39, 0.29) is 5.91 Å². The van der Waals surface area contributed by atoms with Crippen molar-refractivity contribution >= 4 is 56.3 Å². The molecule has 6 nitrogen and oxygen atoms in total. The molecule has 1 amide bonds. The number of nitrogens with zero attached hydrogens (tertiary/aromatic N) is 4. The highest BCUT2D eigenvalue weighted by molar-refractivity contribution is 7.20. The van der Waals surface area contributed by atoms with Crippen LogP contribution in [0.1, 0.15) is 40.5 Å². The van der Waals surface area contributed by atoms with Crippen molar-refractivity contribution in [3.05, 3.63) is 44.9 Å². The van der Waals surface area contributed by atoms with Gasteiger partial charge >= 0.3 is 0 Å². The number of pyridine rings is 1. The number of rotatable bonds is 4. The number of amides is 1. The normalized spacial score (nSPS) is 14.0. The van der Waals surface area contributed by atoms with Crippen LogP contribution in [-0.4, -0.2) is 25.7 Å². The summed E-state index contributed by atoms with van der Waals surface area (Å²) in [4.78, 5) is 23.4. The van der Waals surface area contributed by atoms with Crippen molar-refractivity contribution in [1.82, 2.24) is 19.7 Å². The van der Waals surface area contributed by atoms with Gasteiger partial charge in [-0.05, 0) is 38.0 Å². The summed E-state index contributed by atoms with van der Waals surface area (Å²) in [5.74, 6) is 0.261. The molecule has 0 bridgehead atoms. The Hall–Kier alpha value is -2.29. The van der Waals surface area contributed by atoms with Gasteiger partial charge in [0.15, 0.2) is 10.8 Å². The van der Waals surface area contributed by atoms with E-state index in [0.717, 1.165) is 45.8 Å². The van der Waals surface area contributed by atoms with Crippen molar-refractivity contribution in [2.45, 2.75) is 25.7 Å². The first kappa shape index (κ1) is 17.8. The number of thiophene rings is 1. The average molecular weight is 430 g/mol. The van der Waals surface area contributed by atoms with Gasteiger partial charge < -0.3 is 0 Å². The molecule has 1 N–H and O–H groups in total. The Balaban J connectivity index is 1.50. The van der Waals surface area contributed by atoms with E-state index in [1.807, 2.05) is 37.6 Å². The van der Waals surface area contributed by atoms with E-state index in [1.165, 1.54) is 22.7 Å². The quantitative estimate of drug-likeness (QED) is 0.481. The van der Waals surface area contributed by atoms with Crippen LogP contribution in [0.15, 0.2) is 23.6 Å². The van der Waals surface area contributed by atoms with Crippen LogP contribution in [-0.2, 0) is 7.05 Å². The van der Waals surface area contributed by atoms with Crippen molar-refractivity contribution in [2.24, 2.45) is 7.05 Å². The van der Waals surface area contributed by atoms with E-state index in [4.69, 9.17) is 16.6 Å². The Kier molecular flexibility index (Phi) is 4.22. The molecule has 4 aromatic rings. The highest BCUT2D eigenvalue weighted by Crippen LogP contribution is 2.40. The van der Waals surface area contributed by atoms with E-state index >= 15 is 0 Å². The smallest absolute Gasteiger partial charge is 0.258 e. The Morgan fingerprint density at radius 1 is 1.32 bits per heavy atom. The van der Waals surface area contributed by atoms with Crippen LogP contribution in [0.2, 0.25) is 4.34 Å². The molecule has 142 valence electrons. The number of anilines is 1. The summed E-state index contributed by atoms with van der Waals surface area (Å²) in [5, 5.41) is 10.7. The van der Waals surface area contributed by atoms with E-state index in [0.29, 0.717) is 20.9 Å². The number of hydrogen-bond acceptors (Lipinski definition) is 6. The fourth-order valence-corrected chi connectivity index (χ4v) is 5.08. The zero-order valence-corrected chi connectivity index (χ0v) is 17.6. The lowest BCUT2D eigenvalue weighted by Gasteiger charge is -2.07. The van der Waals surface area contributed by atoms with Crippen molar-refractivity contribution in [3.8, 4) is 10.6 Å². The number of nitrogens with one attached hydrogen (secondary N) is 1. The molecule has 9 heteroatoms. The summed E-state index contributed by atoms with van der Waals surface area (Å²) in [5.41, 5.74) is 3.93. The SMILES string of the molecule is Cc1nn(C)c2nc(C3CC3)cc(C(=O)Nc3nc(-c4ccc(Cl)s4)cs3)c12. The highest BCUT2D eigenvalue weighted by atomic mass is 35.5. The van der Waals surface area contributed by atoms with Crippen LogP contribution in [0.3, 0.4) is 0 Å². The van der Waals surface area contributed by atoms with Gasteiger partial charge in [0.2, 0.25) is 0 Å². The van der Waals surface area contributed by atoms with Crippen LogP contribution < -0.4 is 5.32 Å². The van der Waals surface area contributed by atoms with Gasteiger partial charge in [-0.2, -0.15) is 5.10 Å². The monoisotopic (exact) mass is 429 g/mol. The first-order valence-electron chi connectivity index (χ1n) is 8.86. The minimum atomic E-state index is -0.185. The van der Waals surface area contributed by atoms with E-state index in [2.05, 4.69) is 15.4 Å². The molecule has 0 spiro atoms. The van der Waals surface area contributed by atoms with Gasteiger partial charge in [0.1, 0.15) is 0 Å². The summed E-state index contributed by atoms with van der Waals surface area (Å²) < 4.78 is 2.46. The molecule has 4 heterocycles. The second-order valence-electron chi connectivity index (χ2n) is 6.87. The standard InChI is InChI=1S/C19H16ClN5OS2/c1-9-16-11(7-12(10-3-4-10)21-17(16)25(2)24-9)18(26)23-19-22-13(8-27-19)14-5-6-15(20)28-14/h5-8,10H,3-4H2,1-2H3,(H,22,23,26). The third-order valence-corrected chi connectivity index (χ3v) is 6.79. The van der Waals surface area contributed by atoms with Gasteiger partial charge in [-0.25, -0.2) is 9.97 Å². The fraction of sp³-hybridized carbons (Fsp3) is 0.263. The van der Waals surface area contributed by atoms with Gasteiger partial charge in [-0.3, -0.25) is 14.8 Å². The number of thiazole rings is 1. The molecular weight excluding hydrogens is 414 g/mol. The minimum Gasteiger partial charge on any atom is -0.298 e. The number of hydrogen-bond donors (Lipinski definition) is 1. The summed E-state index contributed by atoms with van der Waals surface area (Å²) in [6.07, 6.45) is 2.24. The maximum Gasteiger partial charge on any atom is 0.258 e. The molecule has 28 heavy (non-hydrogen) atoms. The Morgan fingerprint density at radius 3 is 2.86 bits per heavy atom. The maximum absolute atomic E-state index is 13.1. The molecule has 0 saturated heterocycles. The molecule has 5 rings (SSSR count). The van der Waals surface area contributed by atoms with Crippen LogP contribution in [0.25, 0.3) is 21.6 Å². The second-order valence-corrected chi connectivity index (χ2v) is 9.45. The zero-order chi connectivity index (χ0) is 19.4. The van der Waals surface area contributed by atoms with Crippen molar-refractivity contribution in [2.75, 3.05) is 5.32 Å². The Morgan fingerprint density at radius 2 is 2.14 bits per heavy atom. The highest BCUT2D eigenvalue weighted by Gasteiger charge is 2.28. The predicted octanol–water partition coefficient (Wildman–Crippen LogP) is 5.24. The lowest BCUT2D eigenvalue weighted by molar-refractivity contribution is 0.102. The van der Waals surface area contributed by atoms with Crippen LogP contribution in [0.5, 0.6) is 0 Å². The third kappa shape index (κ3) is 3.11. The summed E-state index contributed by atoms with van der Waals surface area (Å²) >= 11 is 8.87. The summed E-state index contributed by atoms with van der Waals surface area (Å²) in [6, 6.07) is 5.69. The van der Waals surface area contributed by atoms with Gasteiger partial charge in [-0.1, -0.05) is 11.6 Å². The first-order valence-corrected chi connectivity index (χ1v) is 10.9. The molecule has 1 saturated carbocycles. The molecule has 0 unspecified atom stereocenters. The second kappa shape index (κ2) is 6.65. The number of carbonyl (C=O) groups is 1.